The van der Waals surface area contributed by atoms with Crippen LogP contribution in [0, 0.1) is 11.8 Å². The number of nitrogens with one attached hydrogen (secondary N) is 1. The van der Waals surface area contributed by atoms with Gasteiger partial charge in [0.1, 0.15) is 0 Å². The molecule has 102 valence electrons. The van der Waals surface area contributed by atoms with Gasteiger partial charge < -0.3 is 5.32 Å². The Morgan fingerprint density at radius 2 is 2.28 bits per heavy atom. The fraction of sp³-hybridized carbons (Fsp3) is 0.800. The van der Waals surface area contributed by atoms with Crippen molar-refractivity contribution in [3.05, 3.63) is 18.0 Å². The lowest BCUT2D eigenvalue weighted by molar-refractivity contribution is 0.337. The summed E-state index contributed by atoms with van der Waals surface area (Å²) in [5.74, 6) is 1.72. The van der Waals surface area contributed by atoms with E-state index in [1.165, 1.54) is 44.2 Å². The number of aromatic nitrogens is 2. The molecule has 0 aromatic carbocycles. The maximum Gasteiger partial charge on any atom is 0.0521 e. The molecule has 0 aliphatic heterocycles. The summed E-state index contributed by atoms with van der Waals surface area (Å²) in [6.07, 6.45) is 10.6. The van der Waals surface area contributed by atoms with Gasteiger partial charge in [-0.3, -0.25) is 4.68 Å². The van der Waals surface area contributed by atoms with Gasteiger partial charge in [-0.25, -0.2) is 0 Å². The lowest BCUT2D eigenvalue weighted by atomic mass is 9.90. The summed E-state index contributed by atoms with van der Waals surface area (Å²) >= 11 is 0. The molecule has 1 fully saturated rings. The number of hydrogen-bond acceptors (Lipinski definition) is 2. The first-order valence-corrected chi connectivity index (χ1v) is 7.41. The molecule has 0 amide bonds. The predicted octanol–water partition coefficient (Wildman–Crippen LogP) is 2.77. The van der Waals surface area contributed by atoms with Crippen LogP contribution in [0.25, 0.3) is 0 Å². The first-order chi connectivity index (χ1) is 8.70. The van der Waals surface area contributed by atoms with Gasteiger partial charge in [0.05, 0.1) is 6.20 Å². The molecule has 2 rings (SSSR count). The van der Waals surface area contributed by atoms with Crippen LogP contribution in [-0.2, 0) is 13.5 Å². The molecule has 1 aliphatic rings. The van der Waals surface area contributed by atoms with Gasteiger partial charge in [0.15, 0.2) is 0 Å². The van der Waals surface area contributed by atoms with E-state index in [2.05, 4.69) is 30.5 Å². The molecule has 3 unspecified atom stereocenters. The van der Waals surface area contributed by atoms with E-state index in [1.54, 1.807) is 0 Å². The van der Waals surface area contributed by atoms with Gasteiger partial charge in [-0.2, -0.15) is 5.10 Å². The molecule has 0 saturated heterocycles. The summed E-state index contributed by atoms with van der Waals surface area (Å²) in [5.41, 5.74) is 1.38. The van der Waals surface area contributed by atoms with Gasteiger partial charge in [-0.05, 0) is 56.0 Å². The van der Waals surface area contributed by atoms with Crippen molar-refractivity contribution in [2.45, 2.75) is 52.0 Å². The smallest absolute Gasteiger partial charge is 0.0521 e. The molecule has 3 nitrogen and oxygen atoms in total. The molecule has 18 heavy (non-hydrogen) atoms. The van der Waals surface area contributed by atoms with Crippen molar-refractivity contribution in [2.24, 2.45) is 18.9 Å². The van der Waals surface area contributed by atoms with E-state index in [9.17, 15) is 0 Å². The summed E-state index contributed by atoms with van der Waals surface area (Å²) in [5, 5.41) is 7.94. The molecule has 1 aliphatic carbocycles. The average molecular weight is 249 g/mol. The molecule has 0 spiro atoms. The van der Waals surface area contributed by atoms with Crippen LogP contribution >= 0.6 is 0 Å². The predicted molar refractivity (Wildman–Crippen MR) is 75.5 cm³/mol. The molecule has 1 aromatic rings. The van der Waals surface area contributed by atoms with E-state index in [0.717, 1.165) is 17.9 Å². The van der Waals surface area contributed by atoms with Crippen molar-refractivity contribution in [2.75, 3.05) is 6.54 Å². The third kappa shape index (κ3) is 3.35. The van der Waals surface area contributed by atoms with Crippen LogP contribution in [0.5, 0.6) is 0 Å². The largest absolute Gasteiger partial charge is 0.314 e. The minimum Gasteiger partial charge on any atom is -0.314 e. The Bertz CT molecular complexity index is 358. The van der Waals surface area contributed by atoms with Crippen LogP contribution < -0.4 is 5.32 Å². The zero-order valence-electron chi connectivity index (χ0n) is 12.0. The fourth-order valence-corrected chi connectivity index (χ4v) is 3.23. The Morgan fingerprint density at radius 1 is 1.44 bits per heavy atom. The topological polar surface area (TPSA) is 29.9 Å². The van der Waals surface area contributed by atoms with Crippen molar-refractivity contribution in [3.8, 4) is 0 Å². The Hall–Kier alpha value is -0.830. The summed E-state index contributed by atoms with van der Waals surface area (Å²) < 4.78 is 1.90. The molecular weight excluding hydrogens is 222 g/mol. The Balaban J connectivity index is 1.77. The summed E-state index contributed by atoms with van der Waals surface area (Å²) in [6, 6.07) is 0.754. The number of hydrogen-bond donors (Lipinski definition) is 1. The molecule has 0 radical (unpaired) electrons. The van der Waals surface area contributed by atoms with Crippen molar-refractivity contribution < 1.29 is 0 Å². The minimum atomic E-state index is 0.754. The minimum absolute atomic E-state index is 0.754. The fourth-order valence-electron chi connectivity index (χ4n) is 3.23. The highest BCUT2D eigenvalue weighted by Crippen LogP contribution is 2.34. The highest BCUT2D eigenvalue weighted by atomic mass is 15.2. The summed E-state index contributed by atoms with van der Waals surface area (Å²) in [4.78, 5) is 0. The maximum absolute atomic E-state index is 4.24. The van der Waals surface area contributed by atoms with Crippen molar-refractivity contribution in [3.63, 3.8) is 0 Å². The van der Waals surface area contributed by atoms with E-state index in [4.69, 9.17) is 0 Å². The van der Waals surface area contributed by atoms with E-state index >= 15 is 0 Å². The molecule has 0 bridgehead atoms. The van der Waals surface area contributed by atoms with Gasteiger partial charge in [-0.1, -0.05) is 13.8 Å². The van der Waals surface area contributed by atoms with Crippen molar-refractivity contribution >= 4 is 0 Å². The van der Waals surface area contributed by atoms with Gasteiger partial charge in [-0.15, -0.1) is 0 Å². The molecule has 1 N–H and O–H groups in total. The van der Waals surface area contributed by atoms with Gasteiger partial charge in [0, 0.05) is 19.3 Å². The zero-order chi connectivity index (χ0) is 13.0. The molecule has 3 atom stereocenters. The number of nitrogens with zero attached hydrogens (tertiary/aromatic N) is 2. The van der Waals surface area contributed by atoms with Crippen LogP contribution in [0.1, 0.15) is 45.1 Å². The monoisotopic (exact) mass is 249 g/mol. The Morgan fingerprint density at radius 3 is 2.94 bits per heavy atom. The highest BCUT2D eigenvalue weighted by molar-refractivity contribution is 5.04. The highest BCUT2D eigenvalue weighted by Gasteiger charge is 2.31. The van der Waals surface area contributed by atoms with Crippen LogP contribution in [0.3, 0.4) is 0 Å². The molecular formula is C15H27N3. The zero-order valence-corrected chi connectivity index (χ0v) is 12.0. The van der Waals surface area contributed by atoms with E-state index in [-0.39, 0.29) is 0 Å². The SMILES string of the molecule is CCCNC1CCC(CCc2cnn(C)c2)C1C. The van der Waals surface area contributed by atoms with Crippen LogP contribution in [0.2, 0.25) is 0 Å². The van der Waals surface area contributed by atoms with Gasteiger partial charge >= 0.3 is 0 Å². The first kappa shape index (κ1) is 13.6. The number of aryl methyl sites for hydroxylation is 2. The second-order valence-electron chi connectivity index (χ2n) is 5.82. The molecule has 1 saturated carbocycles. The van der Waals surface area contributed by atoms with Crippen LogP contribution in [-0.4, -0.2) is 22.4 Å². The molecule has 1 aromatic heterocycles. The Kier molecular flexibility index (Phi) is 4.81. The van der Waals surface area contributed by atoms with Gasteiger partial charge in [0.25, 0.3) is 0 Å². The third-order valence-electron chi connectivity index (χ3n) is 4.45. The van der Waals surface area contributed by atoms with Crippen LogP contribution in [0.4, 0.5) is 0 Å². The van der Waals surface area contributed by atoms with E-state index in [0.29, 0.717) is 0 Å². The average Bonchev–Trinajstić information content (AvgIpc) is 2.92. The van der Waals surface area contributed by atoms with E-state index < -0.39 is 0 Å². The lowest BCUT2D eigenvalue weighted by Crippen LogP contribution is -2.33. The maximum atomic E-state index is 4.24. The summed E-state index contributed by atoms with van der Waals surface area (Å²) in [7, 11) is 1.99. The number of rotatable bonds is 6. The third-order valence-corrected chi connectivity index (χ3v) is 4.45. The molecule has 3 heteroatoms. The van der Waals surface area contributed by atoms with Crippen molar-refractivity contribution in [1.82, 2.24) is 15.1 Å². The Labute approximate surface area is 111 Å². The second kappa shape index (κ2) is 6.37. The van der Waals surface area contributed by atoms with Crippen molar-refractivity contribution in [1.29, 1.82) is 0 Å². The lowest BCUT2D eigenvalue weighted by Gasteiger charge is -2.21. The second-order valence-corrected chi connectivity index (χ2v) is 5.82. The summed E-state index contributed by atoms with van der Waals surface area (Å²) in [6.45, 7) is 5.84. The molecule has 1 heterocycles. The standard InChI is InChI=1S/C15H27N3/c1-4-9-16-15-8-7-14(12(15)2)6-5-13-10-17-18(3)11-13/h10-12,14-16H,4-9H2,1-3H3. The van der Waals surface area contributed by atoms with Gasteiger partial charge in [0.2, 0.25) is 0 Å². The normalized spacial score (nSPS) is 27.8. The van der Waals surface area contributed by atoms with E-state index in [1.807, 2.05) is 17.9 Å². The van der Waals surface area contributed by atoms with Crippen LogP contribution in [0.15, 0.2) is 12.4 Å². The quantitative estimate of drug-likeness (QED) is 0.840. The first-order valence-electron chi connectivity index (χ1n) is 7.41.